The van der Waals surface area contributed by atoms with Gasteiger partial charge in [0.2, 0.25) is 6.20 Å². The second-order valence-electron chi connectivity index (χ2n) is 2.56. The van der Waals surface area contributed by atoms with Gasteiger partial charge in [-0.25, -0.2) is 0 Å². The van der Waals surface area contributed by atoms with Gasteiger partial charge in [-0.2, -0.15) is 0 Å². The van der Waals surface area contributed by atoms with Crippen LogP contribution in [0.3, 0.4) is 0 Å². The first kappa shape index (κ1) is 11.1. The third kappa shape index (κ3) is 3.03. The Morgan fingerprint density at radius 3 is 2.40 bits per heavy atom. The van der Waals surface area contributed by atoms with Crippen molar-refractivity contribution in [1.29, 1.82) is 0 Å². The second kappa shape index (κ2) is 4.52. The summed E-state index contributed by atoms with van der Waals surface area (Å²) in [6, 6.07) is 3.72. The van der Waals surface area contributed by atoms with E-state index in [9.17, 15) is 20.2 Å². The van der Waals surface area contributed by atoms with E-state index in [-0.39, 0.29) is 10.7 Å². The van der Waals surface area contributed by atoms with E-state index >= 15 is 0 Å². The van der Waals surface area contributed by atoms with Crippen LogP contribution in [0.5, 0.6) is 0 Å². The molecule has 0 aliphatic carbocycles. The van der Waals surface area contributed by atoms with Crippen LogP contribution in [0.2, 0.25) is 5.02 Å². The van der Waals surface area contributed by atoms with Crippen molar-refractivity contribution in [3.05, 3.63) is 55.2 Å². The Kier molecular flexibility index (Phi) is 3.35. The first-order valence-corrected chi connectivity index (χ1v) is 4.14. The van der Waals surface area contributed by atoms with E-state index in [1.54, 1.807) is 0 Å². The Bertz CT molecular complexity index is 444. The lowest BCUT2D eigenvalue weighted by Crippen LogP contribution is -1.88. The number of non-ortho nitro benzene ring substituents is 1. The molecule has 0 spiro atoms. The van der Waals surface area contributed by atoms with Crippen LogP contribution >= 0.6 is 11.6 Å². The van der Waals surface area contributed by atoms with Crippen molar-refractivity contribution in [2.45, 2.75) is 0 Å². The first-order valence-electron chi connectivity index (χ1n) is 3.76. The van der Waals surface area contributed by atoms with Gasteiger partial charge < -0.3 is 0 Å². The van der Waals surface area contributed by atoms with E-state index < -0.39 is 9.85 Å². The minimum atomic E-state index is -0.641. The summed E-state index contributed by atoms with van der Waals surface area (Å²) in [5.41, 5.74) is 0.206. The fraction of sp³-hybridized carbons (Fsp3) is 0. The fourth-order valence-corrected chi connectivity index (χ4v) is 1.14. The Hall–Kier alpha value is -1.95. The SMILES string of the molecule is O=[N+]([O-])/C=C/c1ccc([N+](=O)[O-])cc1Cl. The van der Waals surface area contributed by atoms with Crippen molar-refractivity contribution in [1.82, 2.24) is 0 Å². The molecule has 0 unspecified atom stereocenters. The molecule has 0 radical (unpaired) electrons. The zero-order chi connectivity index (χ0) is 11.4. The van der Waals surface area contributed by atoms with Crippen LogP contribution in [0.1, 0.15) is 5.56 Å². The van der Waals surface area contributed by atoms with Crippen LogP contribution in [0.25, 0.3) is 6.08 Å². The van der Waals surface area contributed by atoms with E-state index in [1.807, 2.05) is 0 Å². The van der Waals surface area contributed by atoms with Crippen LogP contribution in [-0.2, 0) is 0 Å². The molecule has 15 heavy (non-hydrogen) atoms. The number of benzene rings is 1. The monoisotopic (exact) mass is 228 g/mol. The lowest BCUT2D eigenvalue weighted by Gasteiger charge is -1.96. The largest absolute Gasteiger partial charge is 0.270 e. The van der Waals surface area contributed by atoms with Crippen LogP contribution in [0, 0.1) is 20.2 Å². The summed E-state index contributed by atoms with van der Waals surface area (Å²) in [7, 11) is 0. The smallest absolute Gasteiger partial charge is 0.259 e. The van der Waals surface area contributed by atoms with Crippen LogP contribution in [0.4, 0.5) is 5.69 Å². The van der Waals surface area contributed by atoms with E-state index in [0.29, 0.717) is 11.8 Å². The van der Waals surface area contributed by atoms with E-state index in [0.717, 1.165) is 6.07 Å². The normalized spacial score (nSPS) is 10.5. The number of hydrogen-bond acceptors (Lipinski definition) is 4. The minimum Gasteiger partial charge on any atom is -0.259 e. The van der Waals surface area contributed by atoms with Crippen molar-refractivity contribution >= 4 is 23.4 Å². The number of halogens is 1. The predicted molar refractivity (Wildman–Crippen MR) is 54.1 cm³/mol. The highest BCUT2D eigenvalue weighted by Crippen LogP contribution is 2.23. The molecule has 0 heterocycles. The highest BCUT2D eigenvalue weighted by atomic mass is 35.5. The van der Waals surface area contributed by atoms with Gasteiger partial charge in [-0.1, -0.05) is 11.6 Å². The summed E-state index contributed by atoms with van der Waals surface area (Å²) in [5, 5.41) is 20.5. The summed E-state index contributed by atoms with van der Waals surface area (Å²) >= 11 is 5.68. The molecule has 7 heteroatoms. The molecule has 6 nitrogen and oxygen atoms in total. The molecule has 0 fully saturated rings. The third-order valence-corrected chi connectivity index (χ3v) is 1.90. The third-order valence-electron chi connectivity index (χ3n) is 1.57. The summed E-state index contributed by atoms with van der Waals surface area (Å²) in [5.74, 6) is 0. The summed E-state index contributed by atoms with van der Waals surface area (Å²) in [4.78, 5) is 19.1. The molecule has 1 aromatic carbocycles. The number of nitrogens with zero attached hydrogens (tertiary/aromatic N) is 2. The van der Waals surface area contributed by atoms with Crippen molar-refractivity contribution in [2.75, 3.05) is 0 Å². The molecule has 1 rings (SSSR count). The van der Waals surface area contributed by atoms with Gasteiger partial charge in [-0.05, 0) is 11.6 Å². The molecule has 0 saturated heterocycles. The molecule has 0 atom stereocenters. The molecule has 0 aromatic heterocycles. The molecule has 1 aromatic rings. The Labute approximate surface area is 89.1 Å². The second-order valence-corrected chi connectivity index (χ2v) is 2.97. The average molecular weight is 229 g/mol. The molecule has 0 aliphatic rings. The van der Waals surface area contributed by atoms with Gasteiger partial charge in [0, 0.05) is 18.2 Å². The highest BCUT2D eigenvalue weighted by Gasteiger charge is 2.08. The van der Waals surface area contributed by atoms with Gasteiger partial charge in [0.25, 0.3) is 5.69 Å². The summed E-state index contributed by atoms with van der Waals surface area (Å²) < 4.78 is 0. The molecule has 0 bridgehead atoms. The van der Waals surface area contributed by atoms with E-state index in [2.05, 4.69) is 0 Å². The van der Waals surface area contributed by atoms with E-state index in [1.165, 1.54) is 18.2 Å². The van der Waals surface area contributed by atoms with Crippen LogP contribution in [0.15, 0.2) is 24.4 Å². The quantitative estimate of drug-likeness (QED) is 0.587. The molecule has 0 N–H and O–H groups in total. The maximum atomic E-state index is 10.4. The average Bonchev–Trinajstić information content (AvgIpc) is 2.15. The maximum absolute atomic E-state index is 10.4. The molecule has 78 valence electrons. The molecular weight excluding hydrogens is 224 g/mol. The number of hydrogen-bond donors (Lipinski definition) is 0. The van der Waals surface area contributed by atoms with Gasteiger partial charge in [-0.15, -0.1) is 0 Å². The first-order chi connectivity index (χ1) is 7.00. The number of nitro benzene ring substituents is 1. The molecule has 0 amide bonds. The van der Waals surface area contributed by atoms with Gasteiger partial charge in [-0.3, -0.25) is 20.2 Å². The predicted octanol–water partition coefficient (Wildman–Crippen LogP) is 2.50. The van der Waals surface area contributed by atoms with Crippen LogP contribution in [-0.4, -0.2) is 9.85 Å². The molecule has 0 saturated carbocycles. The minimum absolute atomic E-state index is 0.0994. The number of nitro groups is 2. The highest BCUT2D eigenvalue weighted by molar-refractivity contribution is 6.32. The zero-order valence-electron chi connectivity index (χ0n) is 7.29. The lowest BCUT2D eigenvalue weighted by atomic mass is 10.2. The van der Waals surface area contributed by atoms with Crippen LogP contribution < -0.4 is 0 Å². The van der Waals surface area contributed by atoms with Crippen molar-refractivity contribution in [3.8, 4) is 0 Å². The van der Waals surface area contributed by atoms with Gasteiger partial charge in [0.1, 0.15) is 0 Å². The summed E-state index contributed by atoms with van der Waals surface area (Å²) in [6.07, 6.45) is 1.89. The van der Waals surface area contributed by atoms with Crippen molar-refractivity contribution in [3.63, 3.8) is 0 Å². The Balaban J connectivity index is 3.03. The lowest BCUT2D eigenvalue weighted by molar-refractivity contribution is -0.400. The zero-order valence-corrected chi connectivity index (χ0v) is 8.05. The van der Waals surface area contributed by atoms with Crippen molar-refractivity contribution in [2.24, 2.45) is 0 Å². The van der Waals surface area contributed by atoms with E-state index in [4.69, 9.17) is 11.6 Å². The summed E-state index contributed by atoms with van der Waals surface area (Å²) in [6.45, 7) is 0. The molecule has 0 aliphatic heterocycles. The van der Waals surface area contributed by atoms with Crippen molar-refractivity contribution < 1.29 is 9.85 Å². The standard InChI is InChI=1S/C8H5ClN2O4/c9-8-5-7(11(14)15)2-1-6(8)3-4-10(12)13/h1-5H/b4-3+. The van der Waals surface area contributed by atoms with Gasteiger partial charge in [0.15, 0.2) is 0 Å². The molecular formula is C8H5ClN2O4. The number of rotatable bonds is 3. The maximum Gasteiger partial charge on any atom is 0.270 e. The topological polar surface area (TPSA) is 86.3 Å². The Morgan fingerprint density at radius 2 is 1.93 bits per heavy atom. The van der Waals surface area contributed by atoms with Gasteiger partial charge in [0.05, 0.1) is 14.9 Å². The fourth-order valence-electron chi connectivity index (χ4n) is 0.906. The van der Waals surface area contributed by atoms with Gasteiger partial charge >= 0.3 is 0 Å². The Morgan fingerprint density at radius 1 is 1.27 bits per heavy atom.